The second kappa shape index (κ2) is 8.88. The molecular formula is C22H26N4O2S. The van der Waals surface area contributed by atoms with Crippen molar-refractivity contribution in [2.75, 3.05) is 33.3 Å². The summed E-state index contributed by atoms with van der Waals surface area (Å²) in [4.78, 5) is 25.2. The molecule has 0 unspecified atom stereocenters. The highest BCUT2D eigenvalue weighted by molar-refractivity contribution is 8.00. The molecule has 1 N–H and O–H groups in total. The molecule has 0 saturated carbocycles. The maximum atomic E-state index is 12.9. The molecule has 1 aliphatic heterocycles. The van der Waals surface area contributed by atoms with E-state index in [1.54, 1.807) is 7.11 Å². The minimum atomic E-state index is -0.182. The molecule has 7 heteroatoms. The number of hydrogen-bond acceptors (Lipinski definition) is 5. The van der Waals surface area contributed by atoms with Crippen molar-refractivity contribution in [3.63, 3.8) is 0 Å². The number of aromatic amines is 1. The smallest absolute Gasteiger partial charge is 0.235 e. The van der Waals surface area contributed by atoms with E-state index in [0.29, 0.717) is 0 Å². The van der Waals surface area contributed by atoms with Gasteiger partial charge in [-0.2, -0.15) is 0 Å². The van der Waals surface area contributed by atoms with Gasteiger partial charge in [-0.3, -0.25) is 9.69 Å². The van der Waals surface area contributed by atoms with Crippen molar-refractivity contribution in [1.82, 2.24) is 19.8 Å². The molecule has 6 nitrogen and oxygen atoms in total. The largest absolute Gasteiger partial charge is 0.497 e. The Morgan fingerprint density at radius 1 is 1.17 bits per heavy atom. The lowest BCUT2D eigenvalue weighted by Crippen LogP contribution is -2.50. The number of carbonyl (C=O) groups excluding carboxylic acids is 1. The fourth-order valence-electron chi connectivity index (χ4n) is 3.59. The van der Waals surface area contributed by atoms with Gasteiger partial charge >= 0.3 is 0 Å². The number of nitrogens with one attached hydrogen (secondary N) is 1. The number of carbonyl (C=O) groups is 1. The van der Waals surface area contributed by atoms with Crippen molar-refractivity contribution in [2.45, 2.75) is 23.9 Å². The molecule has 3 aromatic rings. The molecule has 0 spiro atoms. The number of ether oxygens (including phenoxy) is 1. The Labute approximate surface area is 175 Å². The molecule has 1 atom stereocenters. The number of hydrogen-bond donors (Lipinski definition) is 1. The Kier molecular flexibility index (Phi) is 6.06. The normalized spacial score (nSPS) is 16.1. The maximum Gasteiger partial charge on any atom is 0.235 e. The lowest BCUT2D eigenvalue weighted by atomic mass is 10.2. The lowest BCUT2D eigenvalue weighted by Gasteiger charge is -2.35. The molecule has 0 radical (unpaired) electrons. The summed E-state index contributed by atoms with van der Waals surface area (Å²) in [5.74, 6) is 0.961. The van der Waals surface area contributed by atoms with Crippen molar-refractivity contribution in [3.8, 4) is 5.75 Å². The summed E-state index contributed by atoms with van der Waals surface area (Å²) in [5, 5.41) is 0.579. The second-order valence-corrected chi connectivity index (χ2v) is 8.60. The molecule has 0 aliphatic carbocycles. The third kappa shape index (κ3) is 4.74. The molecule has 1 saturated heterocycles. The van der Waals surface area contributed by atoms with Gasteiger partial charge in [0.05, 0.1) is 23.4 Å². The van der Waals surface area contributed by atoms with Crippen LogP contribution in [-0.2, 0) is 11.3 Å². The number of imidazole rings is 1. The number of H-pyrrole nitrogens is 1. The number of piperazine rings is 1. The summed E-state index contributed by atoms with van der Waals surface area (Å²) in [7, 11) is 1.65. The van der Waals surface area contributed by atoms with Gasteiger partial charge in [0.15, 0.2) is 5.16 Å². The van der Waals surface area contributed by atoms with E-state index in [0.717, 1.165) is 54.7 Å². The van der Waals surface area contributed by atoms with Crippen molar-refractivity contribution in [2.24, 2.45) is 0 Å². The van der Waals surface area contributed by atoms with Gasteiger partial charge in [0.25, 0.3) is 0 Å². The standard InChI is InChI=1S/C22H26N4O2S/c1-16(29-22-23-19-9-8-18(28-2)14-20(19)24-22)21(27)26-12-10-25(11-13-26)15-17-6-4-3-5-7-17/h3-9,14,16H,10-13,15H2,1-2H3,(H,23,24)/t16-/m0/s1. The third-order valence-electron chi connectivity index (χ3n) is 5.24. The van der Waals surface area contributed by atoms with Crippen LogP contribution in [0.4, 0.5) is 0 Å². The van der Waals surface area contributed by atoms with E-state index in [2.05, 4.69) is 39.1 Å². The Bertz CT molecular complexity index is 967. The first-order valence-corrected chi connectivity index (χ1v) is 10.8. The van der Waals surface area contributed by atoms with Crippen molar-refractivity contribution < 1.29 is 9.53 Å². The molecule has 1 aromatic heterocycles. The zero-order chi connectivity index (χ0) is 20.2. The van der Waals surface area contributed by atoms with Gasteiger partial charge < -0.3 is 14.6 Å². The predicted molar refractivity (Wildman–Crippen MR) is 116 cm³/mol. The van der Waals surface area contributed by atoms with Gasteiger partial charge in [-0.1, -0.05) is 42.1 Å². The minimum Gasteiger partial charge on any atom is -0.497 e. The number of rotatable bonds is 6. The zero-order valence-corrected chi connectivity index (χ0v) is 17.6. The Balaban J connectivity index is 1.31. The van der Waals surface area contributed by atoms with Gasteiger partial charge in [-0.25, -0.2) is 4.98 Å². The third-order valence-corrected chi connectivity index (χ3v) is 6.21. The van der Waals surface area contributed by atoms with Crippen LogP contribution in [0.5, 0.6) is 5.75 Å². The summed E-state index contributed by atoms with van der Waals surface area (Å²) in [5.41, 5.74) is 3.11. The van der Waals surface area contributed by atoms with Crippen LogP contribution >= 0.6 is 11.8 Å². The van der Waals surface area contributed by atoms with Gasteiger partial charge in [-0.15, -0.1) is 0 Å². The van der Waals surface area contributed by atoms with Gasteiger partial charge in [0.2, 0.25) is 5.91 Å². The second-order valence-electron chi connectivity index (χ2n) is 7.27. The topological polar surface area (TPSA) is 61.5 Å². The van der Waals surface area contributed by atoms with Crippen molar-refractivity contribution >= 4 is 28.7 Å². The summed E-state index contributed by atoms with van der Waals surface area (Å²) in [6, 6.07) is 16.2. The average molecular weight is 411 g/mol. The highest BCUT2D eigenvalue weighted by Gasteiger charge is 2.26. The average Bonchev–Trinajstić information content (AvgIpc) is 3.15. The van der Waals surface area contributed by atoms with Crippen LogP contribution < -0.4 is 4.74 Å². The fourth-order valence-corrected chi connectivity index (χ4v) is 4.50. The molecule has 0 bridgehead atoms. The van der Waals surface area contributed by atoms with Crippen molar-refractivity contribution in [3.05, 3.63) is 54.1 Å². The Morgan fingerprint density at radius 3 is 2.66 bits per heavy atom. The fraction of sp³-hybridized carbons (Fsp3) is 0.364. The molecule has 2 aromatic carbocycles. The van der Waals surface area contributed by atoms with Crippen LogP contribution in [0, 0.1) is 0 Å². The van der Waals surface area contributed by atoms with E-state index >= 15 is 0 Å². The molecule has 1 fully saturated rings. The molecule has 4 rings (SSSR count). The lowest BCUT2D eigenvalue weighted by molar-refractivity contribution is -0.132. The predicted octanol–water partition coefficient (Wildman–Crippen LogP) is 3.40. The number of benzene rings is 2. The number of aromatic nitrogens is 2. The van der Waals surface area contributed by atoms with Crippen LogP contribution in [0.25, 0.3) is 11.0 Å². The highest BCUT2D eigenvalue weighted by atomic mass is 32.2. The first-order chi connectivity index (χ1) is 14.1. The maximum absolute atomic E-state index is 12.9. The highest BCUT2D eigenvalue weighted by Crippen LogP contribution is 2.26. The summed E-state index contributed by atoms with van der Waals surface area (Å²) >= 11 is 1.48. The molecule has 152 valence electrons. The number of thioether (sulfide) groups is 1. The molecule has 29 heavy (non-hydrogen) atoms. The number of amides is 1. The Hall–Kier alpha value is -2.51. The van der Waals surface area contributed by atoms with Gasteiger partial charge in [-0.05, 0) is 24.6 Å². The summed E-state index contributed by atoms with van der Waals surface area (Å²) < 4.78 is 5.26. The quantitative estimate of drug-likeness (QED) is 0.631. The van der Waals surface area contributed by atoms with E-state index in [9.17, 15) is 4.79 Å². The van der Waals surface area contributed by atoms with Crippen LogP contribution in [-0.4, -0.2) is 64.2 Å². The van der Waals surface area contributed by atoms with Crippen LogP contribution in [0.15, 0.2) is 53.7 Å². The van der Waals surface area contributed by atoms with E-state index in [-0.39, 0.29) is 11.2 Å². The molecule has 1 aliphatic rings. The van der Waals surface area contributed by atoms with Crippen LogP contribution in [0.2, 0.25) is 0 Å². The van der Waals surface area contributed by atoms with E-state index in [1.165, 1.54) is 17.3 Å². The van der Waals surface area contributed by atoms with Crippen molar-refractivity contribution in [1.29, 1.82) is 0 Å². The Morgan fingerprint density at radius 2 is 1.93 bits per heavy atom. The van der Waals surface area contributed by atoms with E-state index in [1.807, 2.05) is 36.1 Å². The molecule has 2 heterocycles. The van der Waals surface area contributed by atoms with E-state index < -0.39 is 0 Å². The minimum absolute atomic E-state index is 0.174. The van der Waals surface area contributed by atoms with E-state index in [4.69, 9.17) is 4.74 Å². The monoisotopic (exact) mass is 410 g/mol. The summed E-state index contributed by atoms with van der Waals surface area (Å²) in [6.07, 6.45) is 0. The molecule has 1 amide bonds. The zero-order valence-electron chi connectivity index (χ0n) is 16.8. The van der Waals surface area contributed by atoms with Gasteiger partial charge in [0, 0.05) is 38.8 Å². The van der Waals surface area contributed by atoms with Crippen LogP contribution in [0.3, 0.4) is 0 Å². The van der Waals surface area contributed by atoms with Gasteiger partial charge in [0.1, 0.15) is 5.75 Å². The SMILES string of the molecule is COc1ccc2nc(S[C@@H](C)C(=O)N3CCN(Cc4ccccc4)CC3)[nH]c2c1. The number of nitrogens with zero attached hydrogens (tertiary/aromatic N) is 3. The first kappa shape index (κ1) is 19.8. The van der Waals surface area contributed by atoms with Crippen LogP contribution in [0.1, 0.15) is 12.5 Å². The first-order valence-electron chi connectivity index (χ1n) is 9.88. The molecular weight excluding hydrogens is 384 g/mol. The number of fused-ring (bicyclic) bond motifs is 1. The number of methoxy groups -OCH3 is 1. The summed E-state index contributed by atoms with van der Waals surface area (Å²) in [6.45, 7) is 6.25.